The van der Waals surface area contributed by atoms with Gasteiger partial charge in [-0.15, -0.1) is 0 Å². The van der Waals surface area contributed by atoms with Crippen LogP contribution in [0.15, 0.2) is 59.5 Å². The smallest absolute Gasteiger partial charge is 0.318 e. The molecule has 5 nitrogen and oxygen atoms in total. The number of carboxylic acids is 1. The quantitative estimate of drug-likeness (QED) is 0.840. The zero-order valence-corrected chi connectivity index (χ0v) is 13.0. The summed E-state index contributed by atoms with van der Waals surface area (Å²) in [6, 6.07) is 13.7. The SMILES string of the molecule is O=C(O)CN(CCc1ccccc1)S(=O)(=O)c1cccc(F)c1. The van der Waals surface area contributed by atoms with E-state index in [2.05, 4.69) is 0 Å². The van der Waals surface area contributed by atoms with Crippen molar-refractivity contribution in [1.82, 2.24) is 4.31 Å². The lowest BCUT2D eigenvalue weighted by Gasteiger charge is -2.20. The number of halogens is 1. The maximum atomic E-state index is 13.3. The molecule has 0 heterocycles. The summed E-state index contributed by atoms with van der Waals surface area (Å²) in [5, 5.41) is 8.97. The van der Waals surface area contributed by atoms with E-state index in [1.807, 2.05) is 30.3 Å². The highest BCUT2D eigenvalue weighted by Gasteiger charge is 2.26. The summed E-state index contributed by atoms with van der Waals surface area (Å²) in [4.78, 5) is 10.7. The monoisotopic (exact) mass is 337 g/mol. The van der Waals surface area contributed by atoms with E-state index in [-0.39, 0.29) is 11.4 Å². The molecule has 0 aliphatic heterocycles. The number of carboxylic acid groups (broad SMARTS) is 1. The van der Waals surface area contributed by atoms with Crippen LogP contribution in [0.1, 0.15) is 5.56 Å². The summed E-state index contributed by atoms with van der Waals surface area (Å²) < 4.78 is 39.2. The lowest BCUT2D eigenvalue weighted by Crippen LogP contribution is -2.37. The van der Waals surface area contributed by atoms with Gasteiger partial charge in [0.05, 0.1) is 4.90 Å². The molecule has 0 unspecified atom stereocenters. The number of benzene rings is 2. The zero-order valence-electron chi connectivity index (χ0n) is 12.2. The summed E-state index contributed by atoms with van der Waals surface area (Å²) in [5.41, 5.74) is 0.886. The lowest BCUT2D eigenvalue weighted by molar-refractivity contribution is -0.137. The summed E-state index contributed by atoms with van der Waals surface area (Å²) in [5.74, 6) is -1.96. The van der Waals surface area contributed by atoms with E-state index >= 15 is 0 Å². The Kier molecular flexibility index (Phi) is 5.46. The summed E-state index contributed by atoms with van der Waals surface area (Å²) in [6.45, 7) is -0.680. The Morgan fingerprint density at radius 2 is 1.78 bits per heavy atom. The predicted octanol–water partition coefficient (Wildman–Crippen LogP) is 2.14. The van der Waals surface area contributed by atoms with Gasteiger partial charge in [-0.25, -0.2) is 12.8 Å². The molecule has 0 spiro atoms. The standard InChI is InChI=1S/C16H16FNO4S/c17-14-7-4-8-15(11-14)23(21,22)18(12-16(19)20)10-9-13-5-2-1-3-6-13/h1-8,11H,9-10,12H2,(H,19,20). The van der Waals surface area contributed by atoms with E-state index in [1.165, 1.54) is 12.1 Å². The van der Waals surface area contributed by atoms with E-state index < -0.39 is 28.4 Å². The zero-order chi connectivity index (χ0) is 16.9. The molecule has 0 atom stereocenters. The Morgan fingerprint density at radius 1 is 1.09 bits per heavy atom. The van der Waals surface area contributed by atoms with Crippen LogP contribution < -0.4 is 0 Å². The maximum Gasteiger partial charge on any atom is 0.318 e. The fourth-order valence-corrected chi connectivity index (χ4v) is 3.53. The van der Waals surface area contributed by atoms with Crippen molar-refractivity contribution in [3.8, 4) is 0 Å². The summed E-state index contributed by atoms with van der Waals surface area (Å²) in [7, 11) is -4.08. The van der Waals surface area contributed by atoms with Crippen molar-refractivity contribution in [2.45, 2.75) is 11.3 Å². The number of hydrogen-bond acceptors (Lipinski definition) is 3. The average molecular weight is 337 g/mol. The first-order valence-corrected chi connectivity index (χ1v) is 8.35. The largest absolute Gasteiger partial charge is 0.480 e. The van der Waals surface area contributed by atoms with Crippen LogP contribution in [0.5, 0.6) is 0 Å². The minimum absolute atomic E-state index is 0.00480. The van der Waals surface area contributed by atoms with Gasteiger partial charge in [-0.3, -0.25) is 4.79 Å². The molecule has 122 valence electrons. The molecule has 0 saturated carbocycles. The van der Waals surface area contributed by atoms with Crippen LogP contribution in [0, 0.1) is 5.82 Å². The van der Waals surface area contributed by atoms with Crippen LogP contribution in [-0.4, -0.2) is 36.9 Å². The number of rotatable bonds is 7. The van der Waals surface area contributed by atoms with Crippen molar-refractivity contribution in [1.29, 1.82) is 0 Å². The fourth-order valence-electron chi connectivity index (χ4n) is 2.11. The van der Waals surface area contributed by atoms with Gasteiger partial charge in [0.2, 0.25) is 10.0 Å². The third kappa shape index (κ3) is 4.61. The highest BCUT2D eigenvalue weighted by molar-refractivity contribution is 7.89. The summed E-state index contributed by atoms with van der Waals surface area (Å²) in [6.07, 6.45) is 0.364. The Morgan fingerprint density at radius 3 is 2.39 bits per heavy atom. The molecule has 0 bridgehead atoms. The predicted molar refractivity (Wildman–Crippen MR) is 82.9 cm³/mol. The molecule has 2 rings (SSSR count). The van der Waals surface area contributed by atoms with Crippen molar-refractivity contribution in [3.05, 3.63) is 66.0 Å². The second-order valence-electron chi connectivity index (χ2n) is 4.93. The number of nitrogens with zero attached hydrogens (tertiary/aromatic N) is 1. The molecule has 0 radical (unpaired) electrons. The normalized spacial score (nSPS) is 11.6. The molecule has 2 aromatic carbocycles. The van der Waals surface area contributed by atoms with Crippen LogP contribution in [0.2, 0.25) is 0 Å². The Labute approximate surface area is 134 Å². The van der Waals surface area contributed by atoms with Crippen LogP contribution >= 0.6 is 0 Å². The van der Waals surface area contributed by atoms with Gasteiger partial charge in [-0.1, -0.05) is 36.4 Å². The van der Waals surface area contributed by atoms with Gasteiger partial charge in [-0.05, 0) is 30.2 Å². The molecule has 0 amide bonds. The van der Waals surface area contributed by atoms with Crippen molar-refractivity contribution in [2.75, 3.05) is 13.1 Å². The molecule has 2 aromatic rings. The molecule has 0 aromatic heterocycles. The molecule has 7 heteroatoms. The van der Waals surface area contributed by atoms with Gasteiger partial charge in [0.15, 0.2) is 0 Å². The van der Waals surface area contributed by atoms with Gasteiger partial charge in [0, 0.05) is 6.54 Å². The van der Waals surface area contributed by atoms with Gasteiger partial charge in [-0.2, -0.15) is 4.31 Å². The molecule has 1 N–H and O–H groups in total. The second kappa shape index (κ2) is 7.34. The Balaban J connectivity index is 2.24. The molecule has 23 heavy (non-hydrogen) atoms. The molecular weight excluding hydrogens is 321 g/mol. The van der Waals surface area contributed by atoms with Crippen molar-refractivity contribution >= 4 is 16.0 Å². The van der Waals surface area contributed by atoms with Crippen LogP contribution in [0.4, 0.5) is 4.39 Å². The number of hydrogen-bond donors (Lipinski definition) is 1. The highest BCUT2D eigenvalue weighted by Crippen LogP contribution is 2.17. The van der Waals surface area contributed by atoms with Crippen LogP contribution in [-0.2, 0) is 21.2 Å². The molecule has 0 aliphatic rings. The number of aliphatic carboxylic acids is 1. The number of sulfonamides is 1. The minimum Gasteiger partial charge on any atom is -0.480 e. The first-order chi connectivity index (χ1) is 10.9. The Bertz CT molecular complexity index is 778. The minimum atomic E-state index is -4.08. The van der Waals surface area contributed by atoms with E-state index in [4.69, 9.17) is 5.11 Å². The average Bonchev–Trinajstić information content (AvgIpc) is 2.52. The van der Waals surface area contributed by atoms with E-state index in [0.29, 0.717) is 6.42 Å². The van der Waals surface area contributed by atoms with E-state index in [1.54, 1.807) is 0 Å². The molecule has 0 fully saturated rings. The third-order valence-corrected chi connectivity index (χ3v) is 5.08. The third-order valence-electron chi connectivity index (χ3n) is 3.24. The van der Waals surface area contributed by atoms with Crippen LogP contribution in [0.25, 0.3) is 0 Å². The first-order valence-electron chi connectivity index (χ1n) is 6.91. The first kappa shape index (κ1) is 17.1. The second-order valence-corrected chi connectivity index (χ2v) is 6.86. The van der Waals surface area contributed by atoms with Crippen LogP contribution in [0.3, 0.4) is 0 Å². The maximum absolute atomic E-state index is 13.3. The molecule has 0 saturated heterocycles. The van der Waals surface area contributed by atoms with Gasteiger partial charge in [0.1, 0.15) is 12.4 Å². The molecule has 0 aliphatic carbocycles. The molecular formula is C16H16FNO4S. The number of carbonyl (C=O) groups is 1. The van der Waals surface area contributed by atoms with Crippen molar-refractivity contribution in [2.24, 2.45) is 0 Å². The van der Waals surface area contributed by atoms with E-state index in [9.17, 15) is 17.6 Å². The lowest BCUT2D eigenvalue weighted by atomic mass is 10.1. The fraction of sp³-hybridized carbons (Fsp3) is 0.188. The van der Waals surface area contributed by atoms with Gasteiger partial charge >= 0.3 is 5.97 Å². The van der Waals surface area contributed by atoms with Gasteiger partial charge < -0.3 is 5.11 Å². The summed E-state index contributed by atoms with van der Waals surface area (Å²) >= 11 is 0. The van der Waals surface area contributed by atoms with Crippen molar-refractivity contribution in [3.63, 3.8) is 0 Å². The Hall–Kier alpha value is -2.25. The van der Waals surface area contributed by atoms with E-state index in [0.717, 1.165) is 22.0 Å². The van der Waals surface area contributed by atoms with Gasteiger partial charge in [0.25, 0.3) is 0 Å². The topological polar surface area (TPSA) is 74.7 Å². The highest BCUT2D eigenvalue weighted by atomic mass is 32.2. The van der Waals surface area contributed by atoms with Crippen molar-refractivity contribution < 1.29 is 22.7 Å².